The molecule has 0 aromatic heterocycles. The van der Waals surface area contributed by atoms with E-state index >= 15 is 0 Å². The van der Waals surface area contributed by atoms with Crippen molar-refractivity contribution in [2.24, 2.45) is 17.8 Å². The summed E-state index contributed by atoms with van der Waals surface area (Å²) in [6.07, 6.45) is 50.1. The Labute approximate surface area is 568 Å². The van der Waals surface area contributed by atoms with Crippen LogP contribution in [0.5, 0.6) is 0 Å². The van der Waals surface area contributed by atoms with E-state index in [1.165, 1.54) is 180 Å². The van der Waals surface area contributed by atoms with Crippen LogP contribution in [-0.4, -0.2) is 96.7 Å². The number of unbranched alkanes of at least 4 members (excludes halogenated alkanes) is 38. The average Bonchev–Trinajstić information content (AvgIpc) is 3.58. The first-order valence-electron chi connectivity index (χ1n) is 38.4. The SMILES string of the molecule is CCCCCCCCCCC(=O)OC[C@H](COP(=O)(O)OC[C@H](O)COP(=O)(O)OC[C@@H](COC(=O)CCCCCCCCCCCCC(C)CC)OC(=O)CCCCCCCCCCCCCCCCCCCCC(C)C)OC(=O)CCCCCCCCC(C)CC. The summed E-state index contributed by atoms with van der Waals surface area (Å²) in [5.41, 5.74) is 0. The first-order chi connectivity index (χ1) is 44.8. The Morgan fingerprint density at radius 2 is 0.548 bits per heavy atom. The molecule has 0 aliphatic heterocycles. The van der Waals surface area contributed by atoms with Gasteiger partial charge in [-0.25, -0.2) is 9.13 Å². The van der Waals surface area contributed by atoms with Crippen molar-refractivity contribution in [2.75, 3.05) is 39.6 Å². The average molecular weight is 1370 g/mol. The first-order valence-corrected chi connectivity index (χ1v) is 41.4. The lowest BCUT2D eigenvalue weighted by atomic mass is 9.99. The summed E-state index contributed by atoms with van der Waals surface area (Å²) < 4.78 is 68.3. The van der Waals surface area contributed by atoms with E-state index in [0.29, 0.717) is 25.7 Å². The zero-order valence-electron chi connectivity index (χ0n) is 60.7. The second kappa shape index (κ2) is 64.7. The lowest BCUT2D eigenvalue weighted by molar-refractivity contribution is -0.161. The normalized spacial score (nSPS) is 14.7. The van der Waals surface area contributed by atoms with Crippen LogP contribution < -0.4 is 0 Å². The monoisotopic (exact) mass is 1370 g/mol. The number of carbonyl (C=O) groups excluding carboxylic acids is 4. The molecule has 0 rings (SSSR count). The smallest absolute Gasteiger partial charge is 0.462 e. The van der Waals surface area contributed by atoms with E-state index in [-0.39, 0.29) is 25.7 Å². The van der Waals surface area contributed by atoms with E-state index in [0.717, 1.165) is 114 Å². The number of rotatable bonds is 72. The van der Waals surface area contributed by atoms with E-state index in [1.54, 1.807) is 0 Å². The van der Waals surface area contributed by atoms with Gasteiger partial charge in [0.15, 0.2) is 12.2 Å². The standard InChI is InChI=1S/C74H144O17P2/c1-8-11-12-13-14-33-41-48-55-71(76)84-62-70(91-74(79)58-51-44-37-36-40-47-54-67(7)10-3)64-89-93(82,83)87-60-68(75)59-86-92(80,81)88-63-69(61-85-72(77)56-49-42-34-29-26-25-28-32-39-46-53-66(6)9-2)90-73(78)57-50-43-35-30-24-22-20-18-16-15-17-19-21-23-27-31-38-45-52-65(4)5/h65-70,75H,8-64H2,1-7H3,(H,80,81)(H,82,83)/t66?,67?,68-,69-,70-/m1/s1. The third-order valence-electron chi connectivity index (χ3n) is 17.9. The molecule has 0 saturated carbocycles. The number of aliphatic hydroxyl groups is 1. The fourth-order valence-electron chi connectivity index (χ4n) is 11.2. The third-order valence-corrected chi connectivity index (χ3v) is 19.8. The molecule has 17 nitrogen and oxygen atoms in total. The fraction of sp³-hybridized carbons (Fsp3) is 0.946. The predicted octanol–water partition coefficient (Wildman–Crippen LogP) is 21.4. The Balaban J connectivity index is 5.18. The van der Waals surface area contributed by atoms with Gasteiger partial charge in [-0.1, -0.05) is 325 Å². The summed E-state index contributed by atoms with van der Waals surface area (Å²) in [7, 11) is -9.90. The Morgan fingerprint density at radius 1 is 0.312 bits per heavy atom. The Morgan fingerprint density at radius 3 is 0.817 bits per heavy atom. The van der Waals surface area contributed by atoms with Crippen molar-refractivity contribution in [1.29, 1.82) is 0 Å². The molecule has 0 radical (unpaired) electrons. The van der Waals surface area contributed by atoms with E-state index < -0.39 is 97.5 Å². The van der Waals surface area contributed by atoms with Gasteiger partial charge in [0.1, 0.15) is 19.3 Å². The number of phosphoric acid groups is 2. The molecule has 0 aromatic rings. The first kappa shape index (κ1) is 91.1. The number of esters is 4. The Bertz CT molecular complexity index is 1820. The molecule has 0 spiro atoms. The number of carbonyl (C=O) groups is 4. The lowest BCUT2D eigenvalue weighted by Gasteiger charge is -2.21. The maximum Gasteiger partial charge on any atom is 0.472 e. The van der Waals surface area contributed by atoms with Gasteiger partial charge >= 0.3 is 39.5 Å². The van der Waals surface area contributed by atoms with Crippen molar-refractivity contribution >= 4 is 39.5 Å². The fourth-order valence-corrected chi connectivity index (χ4v) is 12.8. The van der Waals surface area contributed by atoms with Gasteiger partial charge in [-0.2, -0.15) is 0 Å². The number of hydrogen-bond donors (Lipinski definition) is 3. The second-order valence-corrected chi connectivity index (χ2v) is 30.6. The molecule has 0 saturated heterocycles. The molecule has 0 amide bonds. The molecule has 552 valence electrons. The van der Waals surface area contributed by atoms with E-state index in [9.17, 15) is 43.2 Å². The highest BCUT2D eigenvalue weighted by molar-refractivity contribution is 7.47. The zero-order valence-corrected chi connectivity index (χ0v) is 62.5. The van der Waals surface area contributed by atoms with Crippen LogP contribution in [-0.2, 0) is 65.4 Å². The highest BCUT2D eigenvalue weighted by atomic mass is 31.2. The molecule has 7 atom stereocenters. The van der Waals surface area contributed by atoms with Crippen molar-refractivity contribution in [2.45, 2.75) is 394 Å². The van der Waals surface area contributed by atoms with Gasteiger partial charge in [0.2, 0.25) is 0 Å². The summed E-state index contributed by atoms with van der Waals surface area (Å²) in [6.45, 7) is 11.9. The van der Waals surface area contributed by atoms with Gasteiger partial charge in [-0.05, 0) is 43.4 Å². The molecule has 0 aromatic carbocycles. The van der Waals surface area contributed by atoms with Gasteiger partial charge in [0.05, 0.1) is 26.4 Å². The quantitative estimate of drug-likeness (QED) is 0.0222. The van der Waals surface area contributed by atoms with Crippen LogP contribution in [0.4, 0.5) is 0 Å². The topological polar surface area (TPSA) is 237 Å². The van der Waals surface area contributed by atoms with Gasteiger partial charge in [-0.3, -0.25) is 37.3 Å². The molecule has 0 aliphatic carbocycles. The minimum atomic E-state index is -4.96. The van der Waals surface area contributed by atoms with Gasteiger partial charge in [0, 0.05) is 25.7 Å². The van der Waals surface area contributed by atoms with Gasteiger partial charge in [0.25, 0.3) is 0 Å². The molecule has 3 N–H and O–H groups in total. The van der Waals surface area contributed by atoms with Crippen molar-refractivity contribution < 1.29 is 80.2 Å². The maximum absolute atomic E-state index is 13.1. The molecule has 0 aliphatic rings. The molecular weight excluding hydrogens is 1220 g/mol. The summed E-state index contributed by atoms with van der Waals surface area (Å²) in [6, 6.07) is 0. The second-order valence-electron chi connectivity index (χ2n) is 27.6. The summed E-state index contributed by atoms with van der Waals surface area (Å²) in [4.78, 5) is 72.6. The van der Waals surface area contributed by atoms with Crippen LogP contribution in [0.15, 0.2) is 0 Å². The Kier molecular flexibility index (Phi) is 63.4. The molecule has 0 bridgehead atoms. The summed E-state index contributed by atoms with van der Waals surface area (Å²) in [5, 5.41) is 10.6. The van der Waals surface area contributed by atoms with Crippen LogP contribution in [0.3, 0.4) is 0 Å². The summed E-state index contributed by atoms with van der Waals surface area (Å²) in [5.74, 6) is 0.224. The Hall–Kier alpha value is -1.94. The highest BCUT2D eigenvalue weighted by Gasteiger charge is 2.30. The molecule has 0 fully saturated rings. The predicted molar refractivity (Wildman–Crippen MR) is 377 cm³/mol. The largest absolute Gasteiger partial charge is 0.472 e. The highest BCUT2D eigenvalue weighted by Crippen LogP contribution is 2.45. The number of hydrogen-bond acceptors (Lipinski definition) is 15. The molecule has 19 heteroatoms. The molecule has 0 heterocycles. The number of aliphatic hydroxyl groups excluding tert-OH is 1. The van der Waals surface area contributed by atoms with Crippen LogP contribution in [0.2, 0.25) is 0 Å². The number of phosphoric ester groups is 2. The van der Waals surface area contributed by atoms with Gasteiger partial charge < -0.3 is 33.8 Å². The van der Waals surface area contributed by atoms with Crippen molar-refractivity contribution in [1.82, 2.24) is 0 Å². The van der Waals surface area contributed by atoms with Crippen LogP contribution in [0.1, 0.15) is 376 Å². The maximum atomic E-state index is 13.1. The van der Waals surface area contributed by atoms with Crippen LogP contribution in [0, 0.1) is 17.8 Å². The summed E-state index contributed by atoms with van der Waals surface area (Å²) >= 11 is 0. The van der Waals surface area contributed by atoms with Gasteiger partial charge in [-0.15, -0.1) is 0 Å². The molecular formula is C74H144O17P2. The minimum Gasteiger partial charge on any atom is -0.462 e. The lowest BCUT2D eigenvalue weighted by Crippen LogP contribution is -2.30. The van der Waals surface area contributed by atoms with Crippen molar-refractivity contribution in [3.05, 3.63) is 0 Å². The molecule has 4 unspecified atom stereocenters. The molecule has 93 heavy (non-hydrogen) atoms. The van der Waals surface area contributed by atoms with Crippen molar-refractivity contribution in [3.63, 3.8) is 0 Å². The third kappa shape index (κ3) is 65.8. The van der Waals surface area contributed by atoms with Crippen LogP contribution in [0.25, 0.3) is 0 Å². The number of ether oxygens (including phenoxy) is 4. The minimum absolute atomic E-state index is 0.103. The van der Waals surface area contributed by atoms with E-state index in [2.05, 4.69) is 48.5 Å². The van der Waals surface area contributed by atoms with E-state index in [1.807, 2.05) is 0 Å². The van der Waals surface area contributed by atoms with Crippen LogP contribution >= 0.6 is 15.6 Å². The zero-order chi connectivity index (χ0) is 68.7. The van der Waals surface area contributed by atoms with Crippen molar-refractivity contribution in [3.8, 4) is 0 Å². The van der Waals surface area contributed by atoms with E-state index in [4.69, 9.17) is 37.0 Å².